The highest BCUT2D eigenvalue weighted by atomic mass is 19.1. The highest BCUT2D eigenvalue weighted by molar-refractivity contribution is 6.20. The van der Waals surface area contributed by atoms with Gasteiger partial charge in [-0.05, 0) is 69.2 Å². The van der Waals surface area contributed by atoms with E-state index < -0.39 is 5.41 Å². The monoisotopic (exact) mass is 518 g/mol. The summed E-state index contributed by atoms with van der Waals surface area (Å²) in [7, 11) is 1.63. The SMILES string of the molecule is COc1ccc(Cn2nc3c(c2C)C(C)(C)CN(C(=O)c2ccc(F)c(C)c2)C=C3C(=O)NC(C)C)cc1. The Morgan fingerprint density at radius 3 is 2.42 bits per heavy atom. The average molecular weight is 519 g/mol. The molecule has 38 heavy (non-hydrogen) atoms. The summed E-state index contributed by atoms with van der Waals surface area (Å²) < 4.78 is 21.1. The van der Waals surface area contributed by atoms with Gasteiger partial charge in [0.15, 0.2) is 0 Å². The van der Waals surface area contributed by atoms with E-state index in [2.05, 4.69) is 5.32 Å². The fraction of sp³-hybridized carbons (Fsp3) is 0.367. The van der Waals surface area contributed by atoms with Gasteiger partial charge in [-0.2, -0.15) is 5.10 Å². The second kappa shape index (κ2) is 10.4. The Morgan fingerprint density at radius 2 is 1.82 bits per heavy atom. The van der Waals surface area contributed by atoms with Gasteiger partial charge in [-0.15, -0.1) is 0 Å². The van der Waals surface area contributed by atoms with Crippen LogP contribution in [0.3, 0.4) is 0 Å². The Morgan fingerprint density at radius 1 is 1.13 bits per heavy atom. The van der Waals surface area contributed by atoms with Gasteiger partial charge in [-0.25, -0.2) is 4.39 Å². The Labute approximate surface area is 223 Å². The largest absolute Gasteiger partial charge is 0.497 e. The molecule has 0 aliphatic carbocycles. The normalized spacial score (nSPS) is 14.6. The van der Waals surface area contributed by atoms with Crippen molar-refractivity contribution in [3.8, 4) is 5.75 Å². The van der Waals surface area contributed by atoms with Crippen LogP contribution >= 0.6 is 0 Å². The molecule has 0 radical (unpaired) electrons. The van der Waals surface area contributed by atoms with Crippen molar-refractivity contribution in [2.24, 2.45) is 0 Å². The molecule has 1 aliphatic heterocycles. The fourth-order valence-corrected chi connectivity index (χ4v) is 4.95. The van der Waals surface area contributed by atoms with Gasteiger partial charge in [0, 0.05) is 41.0 Å². The quantitative estimate of drug-likeness (QED) is 0.499. The summed E-state index contributed by atoms with van der Waals surface area (Å²) in [5, 5.41) is 7.87. The Hall–Kier alpha value is -3.94. The number of halogens is 1. The molecule has 8 heteroatoms. The predicted molar refractivity (Wildman–Crippen MR) is 146 cm³/mol. The third-order valence-electron chi connectivity index (χ3n) is 6.81. The van der Waals surface area contributed by atoms with E-state index in [9.17, 15) is 14.0 Å². The standard InChI is InChI=1S/C30H35FN4O3/c1-18(2)32-28(36)24-16-34(29(37)22-10-13-25(31)19(3)14-22)17-30(5,6)26-20(4)35(33-27(24)26)15-21-8-11-23(38-7)12-9-21/h8-14,16,18H,15,17H2,1-7H3,(H,32,36). The zero-order valence-corrected chi connectivity index (χ0v) is 23.1. The smallest absolute Gasteiger partial charge is 0.257 e. The first-order chi connectivity index (χ1) is 17.9. The maximum absolute atomic E-state index is 13.9. The molecule has 4 rings (SSSR count). The molecule has 0 bridgehead atoms. The lowest BCUT2D eigenvalue weighted by Crippen LogP contribution is -2.37. The first-order valence-corrected chi connectivity index (χ1v) is 12.7. The molecule has 2 aromatic carbocycles. The third-order valence-corrected chi connectivity index (χ3v) is 6.81. The number of nitrogens with zero attached hydrogens (tertiary/aromatic N) is 3. The van der Waals surface area contributed by atoms with Gasteiger partial charge < -0.3 is 15.0 Å². The van der Waals surface area contributed by atoms with Crippen molar-refractivity contribution in [2.75, 3.05) is 13.7 Å². The van der Waals surface area contributed by atoms with Crippen LogP contribution in [0.2, 0.25) is 0 Å². The molecule has 7 nitrogen and oxygen atoms in total. The summed E-state index contributed by atoms with van der Waals surface area (Å²) in [6.45, 7) is 12.3. The van der Waals surface area contributed by atoms with E-state index in [0.717, 1.165) is 22.6 Å². The molecule has 1 aromatic heterocycles. The van der Waals surface area contributed by atoms with Gasteiger partial charge in [0.1, 0.15) is 17.3 Å². The molecule has 0 saturated carbocycles. The average Bonchev–Trinajstić information content (AvgIpc) is 3.12. The number of fused-ring (bicyclic) bond motifs is 1. The van der Waals surface area contributed by atoms with Gasteiger partial charge in [0.2, 0.25) is 0 Å². The van der Waals surface area contributed by atoms with Gasteiger partial charge >= 0.3 is 0 Å². The molecule has 1 N–H and O–H groups in total. The van der Waals surface area contributed by atoms with E-state index in [1.807, 2.05) is 63.6 Å². The first kappa shape index (κ1) is 27.1. The number of benzene rings is 2. The Balaban J connectivity index is 1.81. The molecule has 2 amide bonds. The van der Waals surface area contributed by atoms with Crippen molar-refractivity contribution >= 4 is 17.4 Å². The fourth-order valence-electron chi connectivity index (χ4n) is 4.95. The lowest BCUT2D eigenvalue weighted by atomic mass is 9.82. The number of hydrogen-bond acceptors (Lipinski definition) is 4. The lowest BCUT2D eigenvalue weighted by Gasteiger charge is -2.30. The van der Waals surface area contributed by atoms with E-state index in [-0.39, 0.29) is 23.7 Å². The van der Waals surface area contributed by atoms with Gasteiger partial charge in [-0.1, -0.05) is 26.0 Å². The first-order valence-electron chi connectivity index (χ1n) is 12.7. The van der Waals surface area contributed by atoms with Crippen molar-refractivity contribution in [2.45, 2.75) is 59.5 Å². The molecule has 0 fully saturated rings. The summed E-state index contributed by atoms with van der Waals surface area (Å²) in [6.07, 6.45) is 1.59. The minimum atomic E-state index is -0.529. The van der Waals surface area contributed by atoms with Crippen molar-refractivity contribution in [3.63, 3.8) is 0 Å². The molecule has 3 aromatic rings. The third kappa shape index (κ3) is 5.35. The van der Waals surface area contributed by atoms with Crippen LogP contribution in [0.5, 0.6) is 5.75 Å². The second-order valence-corrected chi connectivity index (χ2v) is 10.8. The topological polar surface area (TPSA) is 76.5 Å². The molecule has 0 spiro atoms. The number of aryl methyl sites for hydroxylation is 1. The summed E-state index contributed by atoms with van der Waals surface area (Å²) in [6, 6.07) is 12.0. The van der Waals surface area contributed by atoms with Gasteiger partial charge in [0.05, 0.1) is 19.2 Å². The molecule has 200 valence electrons. The van der Waals surface area contributed by atoms with Crippen LogP contribution in [0.15, 0.2) is 48.7 Å². The second-order valence-electron chi connectivity index (χ2n) is 10.8. The van der Waals surface area contributed by atoms with Crippen LogP contribution < -0.4 is 10.1 Å². The van der Waals surface area contributed by atoms with Crippen molar-refractivity contribution in [1.82, 2.24) is 20.0 Å². The number of aromatic nitrogens is 2. The van der Waals surface area contributed by atoms with Crippen molar-refractivity contribution in [3.05, 3.63) is 88.1 Å². The highest BCUT2D eigenvalue weighted by Crippen LogP contribution is 2.38. The molecular weight excluding hydrogens is 483 g/mol. The van der Waals surface area contributed by atoms with Crippen LogP contribution in [-0.4, -0.2) is 46.2 Å². The number of carbonyl (C=O) groups excluding carboxylic acids is 2. The minimum absolute atomic E-state index is 0.102. The van der Waals surface area contributed by atoms with Crippen LogP contribution in [0.4, 0.5) is 4.39 Å². The molecule has 0 unspecified atom stereocenters. The Kier molecular flexibility index (Phi) is 7.44. The van der Waals surface area contributed by atoms with E-state index in [0.29, 0.717) is 35.5 Å². The van der Waals surface area contributed by atoms with Gasteiger partial charge in [0.25, 0.3) is 11.8 Å². The minimum Gasteiger partial charge on any atom is -0.497 e. The van der Waals surface area contributed by atoms with E-state index in [1.54, 1.807) is 25.1 Å². The van der Waals surface area contributed by atoms with E-state index in [4.69, 9.17) is 9.84 Å². The maximum atomic E-state index is 13.9. The number of rotatable bonds is 6. The van der Waals surface area contributed by atoms with E-state index in [1.165, 1.54) is 18.2 Å². The zero-order chi connectivity index (χ0) is 27.8. The molecular formula is C30H35FN4O3. The number of ether oxygens (including phenoxy) is 1. The van der Waals surface area contributed by atoms with Crippen molar-refractivity contribution in [1.29, 1.82) is 0 Å². The number of methoxy groups -OCH3 is 1. The maximum Gasteiger partial charge on any atom is 0.257 e. The van der Waals surface area contributed by atoms with Crippen LogP contribution in [0.25, 0.3) is 5.57 Å². The zero-order valence-electron chi connectivity index (χ0n) is 23.1. The van der Waals surface area contributed by atoms with Gasteiger partial charge in [-0.3, -0.25) is 14.3 Å². The summed E-state index contributed by atoms with van der Waals surface area (Å²) in [5.74, 6) is -0.197. The Bertz CT molecular complexity index is 1400. The molecule has 0 atom stereocenters. The molecule has 2 heterocycles. The lowest BCUT2D eigenvalue weighted by molar-refractivity contribution is -0.116. The highest BCUT2D eigenvalue weighted by Gasteiger charge is 2.38. The van der Waals surface area contributed by atoms with Crippen LogP contribution in [0.1, 0.15) is 66.1 Å². The number of hydrogen-bond donors (Lipinski definition) is 1. The summed E-state index contributed by atoms with van der Waals surface area (Å²) in [4.78, 5) is 28.6. The van der Waals surface area contributed by atoms with E-state index >= 15 is 0 Å². The summed E-state index contributed by atoms with van der Waals surface area (Å²) >= 11 is 0. The number of carbonyl (C=O) groups is 2. The van der Waals surface area contributed by atoms with Crippen molar-refractivity contribution < 1.29 is 18.7 Å². The van der Waals surface area contributed by atoms with Crippen LogP contribution in [0, 0.1) is 19.7 Å². The molecule has 0 saturated heterocycles. The van der Waals surface area contributed by atoms with Crippen LogP contribution in [-0.2, 0) is 16.8 Å². The summed E-state index contributed by atoms with van der Waals surface area (Å²) in [5.41, 5.74) is 4.00. The number of nitrogens with one attached hydrogen (secondary N) is 1. The number of amides is 2. The predicted octanol–water partition coefficient (Wildman–Crippen LogP) is 5.00. The molecule has 1 aliphatic rings.